The van der Waals surface area contributed by atoms with Gasteiger partial charge < -0.3 is 14.2 Å². The molecule has 0 amide bonds. The van der Waals surface area contributed by atoms with Crippen LogP contribution >= 0.6 is 0 Å². The van der Waals surface area contributed by atoms with Crippen molar-refractivity contribution in [3.63, 3.8) is 0 Å². The number of aromatic amines is 1. The predicted molar refractivity (Wildman–Crippen MR) is 120 cm³/mol. The molecule has 1 aliphatic heterocycles. The molecule has 0 aliphatic carbocycles. The van der Waals surface area contributed by atoms with Gasteiger partial charge in [-0.05, 0) is 29.3 Å². The number of esters is 1. The third kappa shape index (κ3) is 4.05. The van der Waals surface area contributed by atoms with Gasteiger partial charge in [-0.2, -0.15) is 0 Å². The molecule has 0 saturated carbocycles. The van der Waals surface area contributed by atoms with E-state index in [2.05, 4.69) is 10.2 Å². The number of H-pyrrole nitrogens is 1. The Morgan fingerprint density at radius 1 is 1.06 bits per heavy atom. The summed E-state index contributed by atoms with van der Waals surface area (Å²) in [5, 5.41) is 7.25. The van der Waals surface area contributed by atoms with Crippen molar-refractivity contribution in [1.82, 2.24) is 10.2 Å². The molecule has 1 atom stereocenters. The summed E-state index contributed by atoms with van der Waals surface area (Å²) in [4.78, 5) is 12.3. The number of fused-ring (bicyclic) bond motifs is 1. The van der Waals surface area contributed by atoms with Gasteiger partial charge in [-0.1, -0.05) is 54.6 Å². The number of carbonyl (C=O) groups is 1. The summed E-state index contributed by atoms with van der Waals surface area (Å²) in [6.07, 6.45) is 0.172. The predicted octanol–water partition coefficient (Wildman–Crippen LogP) is 5.24. The Morgan fingerprint density at radius 3 is 2.64 bits per heavy atom. The van der Waals surface area contributed by atoms with Crippen molar-refractivity contribution in [1.29, 1.82) is 0 Å². The molecule has 6 nitrogen and oxygen atoms in total. The van der Waals surface area contributed by atoms with Crippen LogP contribution in [0.2, 0.25) is 0 Å². The van der Waals surface area contributed by atoms with Crippen LogP contribution in [0.1, 0.15) is 29.0 Å². The van der Waals surface area contributed by atoms with E-state index in [9.17, 15) is 9.18 Å². The zero-order valence-electron chi connectivity index (χ0n) is 17.9. The van der Waals surface area contributed by atoms with Crippen molar-refractivity contribution in [2.75, 3.05) is 7.11 Å². The summed E-state index contributed by atoms with van der Waals surface area (Å²) in [5.41, 5.74) is 3.89. The van der Waals surface area contributed by atoms with Crippen LogP contribution in [0.4, 0.5) is 4.39 Å². The van der Waals surface area contributed by atoms with Crippen LogP contribution in [0, 0.1) is 5.82 Å². The summed E-state index contributed by atoms with van der Waals surface area (Å²) in [5.74, 6) is 0.318. The van der Waals surface area contributed by atoms with Crippen molar-refractivity contribution >= 4 is 5.97 Å². The maximum atomic E-state index is 13.9. The first-order chi connectivity index (χ1) is 16.1. The molecule has 0 fully saturated rings. The van der Waals surface area contributed by atoms with Gasteiger partial charge in [0.15, 0.2) is 11.5 Å². The normalized spacial score (nSPS) is 15.0. The molecule has 5 rings (SSSR count). The second kappa shape index (κ2) is 8.78. The number of nitrogens with zero attached hydrogens (tertiary/aromatic N) is 1. The zero-order chi connectivity index (χ0) is 22.8. The van der Waals surface area contributed by atoms with Crippen LogP contribution in [-0.4, -0.2) is 23.3 Å². The van der Waals surface area contributed by atoms with Crippen LogP contribution in [0.5, 0.6) is 17.4 Å². The molecule has 33 heavy (non-hydrogen) atoms. The van der Waals surface area contributed by atoms with Gasteiger partial charge in [-0.25, -0.2) is 4.39 Å². The molecule has 3 aromatic carbocycles. The lowest BCUT2D eigenvalue weighted by Gasteiger charge is -2.23. The molecule has 166 valence electrons. The van der Waals surface area contributed by atoms with Gasteiger partial charge in [0, 0.05) is 11.5 Å². The van der Waals surface area contributed by atoms with E-state index in [0.717, 1.165) is 22.4 Å². The molecule has 1 aromatic heterocycles. The minimum atomic E-state index is -0.350. The Kier molecular flexibility index (Phi) is 5.52. The number of hydrogen-bond acceptors (Lipinski definition) is 5. The third-order valence-electron chi connectivity index (χ3n) is 5.69. The Balaban J connectivity index is 1.48. The van der Waals surface area contributed by atoms with Crippen LogP contribution in [-0.2, 0) is 11.4 Å². The number of nitrogens with one attached hydrogen (secondary N) is 1. The van der Waals surface area contributed by atoms with Gasteiger partial charge in [-0.15, -0.1) is 5.10 Å². The molecule has 2 heterocycles. The van der Waals surface area contributed by atoms with Crippen molar-refractivity contribution in [2.45, 2.75) is 18.9 Å². The van der Waals surface area contributed by atoms with Crippen molar-refractivity contribution in [3.8, 4) is 28.6 Å². The van der Waals surface area contributed by atoms with Crippen LogP contribution in [0.25, 0.3) is 11.3 Å². The van der Waals surface area contributed by atoms with Gasteiger partial charge in [0.05, 0.1) is 24.8 Å². The van der Waals surface area contributed by atoms with Gasteiger partial charge in [0.1, 0.15) is 12.4 Å². The van der Waals surface area contributed by atoms with Gasteiger partial charge in [0.25, 0.3) is 0 Å². The highest BCUT2D eigenvalue weighted by atomic mass is 19.1. The monoisotopic (exact) mass is 444 g/mol. The van der Waals surface area contributed by atoms with E-state index in [1.807, 2.05) is 42.5 Å². The van der Waals surface area contributed by atoms with E-state index in [4.69, 9.17) is 14.2 Å². The number of rotatable bonds is 6. The number of methoxy groups -OCH3 is 1. The quantitative estimate of drug-likeness (QED) is 0.412. The fraction of sp³-hybridized carbons (Fsp3) is 0.154. The molecule has 0 unspecified atom stereocenters. The third-order valence-corrected chi connectivity index (χ3v) is 5.69. The van der Waals surface area contributed by atoms with Gasteiger partial charge in [-0.3, -0.25) is 9.89 Å². The highest BCUT2D eigenvalue weighted by Gasteiger charge is 2.34. The Bertz CT molecular complexity index is 1300. The maximum Gasteiger partial charge on any atom is 0.313 e. The number of halogens is 1. The second-order valence-corrected chi connectivity index (χ2v) is 7.70. The van der Waals surface area contributed by atoms with E-state index < -0.39 is 0 Å². The second-order valence-electron chi connectivity index (χ2n) is 7.70. The first-order valence-electron chi connectivity index (χ1n) is 10.5. The lowest BCUT2D eigenvalue weighted by molar-refractivity contribution is -0.135. The first-order valence-corrected chi connectivity index (χ1v) is 10.5. The van der Waals surface area contributed by atoms with Crippen LogP contribution in [0.3, 0.4) is 0 Å². The van der Waals surface area contributed by atoms with Crippen LogP contribution in [0.15, 0.2) is 72.8 Å². The summed E-state index contributed by atoms with van der Waals surface area (Å²) >= 11 is 0. The number of carbonyl (C=O) groups excluding carboxylic acids is 1. The van der Waals surface area contributed by atoms with Crippen molar-refractivity contribution in [2.24, 2.45) is 0 Å². The SMILES string of the molecule is COc1cc([C@@H]2CC(=O)Oc3n[nH]c(-c4ccccc4)c32)ccc1OCc1ccccc1F. The zero-order valence-corrected chi connectivity index (χ0v) is 17.9. The topological polar surface area (TPSA) is 73.4 Å². The average molecular weight is 444 g/mol. The number of hydrogen-bond donors (Lipinski definition) is 1. The fourth-order valence-electron chi connectivity index (χ4n) is 4.05. The summed E-state index contributed by atoms with van der Waals surface area (Å²) in [7, 11) is 1.54. The Morgan fingerprint density at radius 2 is 1.85 bits per heavy atom. The number of ether oxygens (including phenoxy) is 3. The maximum absolute atomic E-state index is 13.9. The van der Waals surface area contributed by atoms with E-state index in [0.29, 0.717) is 17.1 Å². The van der Waals surface area contributed by atoms with Crippen molar-refractivity contribution < 1.29 is 23.4 Å². The Labute approximate surface area is 189 Å². The molecular formula is C26H21FN2O4. The van der Waals surface area contributed by atoms with E-state index in [-0.39, 0.29) is 36.6 Å². The molecule has 7 heteroatoms. The molecule has 4 aromatic rings. The molecule has 1 N–H and O–H groups in total. The lowest BCUT2D eigenvalue weighted by Crippen LogP contribution is -2.21. The summed E-state index contributed by atoms with van der Waals surface area (Å²) < 4.78 is 30.7. The highest BCUT2D eigenvalue weighted by molar-refractivity contribution is 5.80. The fourth-order valence-corrected chi connectivity index (χ4v) is 4.05. The summed E-state index contributed by atoms with van der Waals surface area (Å²) in [6.45, 7) is 0.0716. The van der Waals surface area contributed by atoms with E-state index in [1.165, 1.54) is 6.07 Å². The first kappa shape index (κ1) is 20.8. The number of benzene rings is 3. The summed E-state index contributed by atoms with van der Waals surface area (Å²) in [6, 6.07) is 21.7. The molecule has 0 spiro atoms. The number of aromatic nitrogens is 2. The average Bonchev–Trinajstić information content (AvgIpc) is 3.27. The molecule has 1 aliphatic rings. The lowest BCUT2D eigenvalue weighted by atomic mass is 9.85. The van der Waals surface area contributed by atoms with Gasteiger partial charge in [0.2, 0.25) is 5.88 Å². The van der Waals surface area contributed by atoms with Crippen LogP contribution < -0.4 is 14.2 Å². The largest absolute Gasteiger partial charge is 0.493 e. The van der Waals surface area contributed by atoms with Crippen molar-refractivity contribution in [3.05, 3.63) is 95.3 Å². The van der Waals surface area contributed by atoms with E-state index in [1.54, 1.807) is 31.4 Å². The van der Waals surface area contributed by atoms with E-state index >= 15 is 0 Å². The molecule has 0 bridgehead atoms. The van der Waals surface area contributed by atoms with Gasteiger partial charge >= 0.3 is 5.97 Å². The minimum Gasteiger partial charge on any atom is -0.493 e. The molecule has 0 saturated heterocycles. The Hall–Kier alpha value is -4.13. The minimum absolute atomic E-state index is 0.0716. The molecule has 0 radical (unpaired) electrons. The molecular weight excluding hydrogens is 423 g/mol. The highest BCUT2D eigenvalue weighted by Crippen LogP contribution is 2.44. The smallest absolute Gasteiger partial charge is 0.313 e. The standard InChI is InChI=1S/C26H21FN2O4/c1-31-22-13-17(11-12-21(22)32-15-18-9-5-6-10-20(18)27)19-14-23(30)33-26-24(19)25(28-29-26)16-7-3-2-4-8-16/h2-13,19H,14-15H2,1H3,(H,28,29)/t19-/m0/s1.